The molecule has 0 aliphatic rings. The molecule has 1 atom stereocenters. The first-order chi connectivity index (χ1) is 8.83. The van der Waals surface area contributed by atoms with E-state index in [1.807, 2.05) is 0 Å². The zero-order valence-electron chi connectivity index (χ0n) is 11.9. The number of hydrogen-bond acceptors (Lipinski definition) is 4. The second-order valence-corrected chi connectivity index (χ2v) is 4.31. The molecule has 0 saturated heterocycles. The Morgan fingerprint density at radius 1 is 1.32 bits per heavy atom. The molecule has 1 N–H and O–H groups in total. The number of carboxylic acids is 1. The van der Waals surface area contributed by atoms with Crippen LogP contribution in [0.15, 0.2) is 0 Å². The van der Waals surface area contributed by atoms with Crippen LogP contribution in [0.3, 0.4) is 0 Å². The highest BCUT2D eigenvalue weighted by Gasteiger charge is 2.22. The van der Waals surface area contributed by atoms with Gasteiger partial charge in [0.15, 0.2) is 0 Å². The van der Waals surface area contributed by atoms with Crippen LogP contribution in [0.5, 0.6) is 0 Å². The van der Waals surface area contributed by atoms with E-state index in [0.717, 1.165) is 0 Å². The van der Waals surface area contributed by atoms with E-state index in [4.69, 9.17) is 5.11 Å². The summed E-state index contributed by atoms with van der Waals surface area (Å²) in [5.41, 5.74) is 0. The second-order valence-electron chi connectivity index (χ2n) is 4.31. The Kier molecular flexibility index (Phi) is 7.55. The molecule has 0 fully saturated rings. The van der Waals surface area contributed by atoms with E-state index in [0.29, 0.717) is 6.54 Å². The molecule has 0 aliphatic heterocycles. The fourth-order valence-corrected chi connectivity index (χ4v) is 1.63. The van der Waals surface area contributed by atoms with Gasteiger partial charge in [-0.1, -0.05) is 6.92 Å². The number of carbonyl (C=O) groups is 3. The van der Waals surface area contributed by atoms with Crippen LogP contribution in [-0.4, -0.2) is 66.7 Å². The largest absolute Gasteiger partial charge is 0.481 e. The van der Waals surface area contributed by atoms with E-state index in [1.165, 1.54) is 16.9 Å². The van der Waals surface area contributed by atoms with Crippen LogP contribution in [0.2, 0.25) is 0 Å². The monoisotopic (exact) mass is 274 g/mol. The summed E-state index contributed by atoms with van der Waals surface area (Å²) in [6.07, 6.45) is -0.0972. The second kappa shape index (κ2) is 8.34. The lowest BCUT2D eigenvalue weighted by Gasteiger charge is -2.28. The molecule has 0 spiro atoms. The number of ether oxygens (including phenoxy) is 1. The highest BCUT2D eigenvalue weighted by atomic mass is 16.5. The van der Waals surface area contributed by atoms with E-state index in [-0.39, 0.29) is 31.5 Å². The van der Waals surface area contributed by atoms with Crippen molar-refractivity contribution in [3.8, 4) is 0 Å². The zero-order chi connectivity index (χ0) is 15.0. The Labute approximate surface area is 113 Å². The molecule has 0 aromatic carbocycles. The van der Waals surface area contributed by atoms with Gasteiger partial charge >= 0.3 is 18.0 Å². The molecule has 2 amide bonds. The summed E-state index contributed by atoms with van der Waals surface area (Å²) >= 11 is 0. The third-order valence-corrected chi connectivity index (χ3v) is 2.73. The van der Waals surface area contributed by atoms with E-state index in [9.17, 15) is 14.4 Å². The summed E-state index contributed by atoms with van der Waals surface area (Å²) in [6.45, 7) is 4.25. The topological polar surface area (TPSA) is 87.2 Å². The fourth-order valence-electron chi connectivity index (χ4n) is 1.63. The molecule has 0 radical (unpaired) electrons. The number of esters is 1. The van der Waals surface area contributed by atoms with Crippen LogP contribution in [0.25, 0.3) is 0 Å². The number of urea groups is 1. The van der Waals surface area contributed by atoms with Gasteiger partial charge in [-0.3, -0.25) is 9.59 Å². The molecule has 19 heavy (non-hydrogen) atoms. The van der Waals surface area contributed by atoms with Crippen LogP contribution in [0, 0.1) is 5.92 Å². The van der Waals surface area contributed by atoms with E-state index >= 15 is 0 Å². The summed E-state index contributed by atoms with van der Waals surface area (Å²) in [4.78, 5) is 36.6. The molecule has 0 bridgehead atoms. The van der Waals surface area contributed by atoms with Gasteiger partial charge in [0.2, 0.25) is 0 Å². The minimum atomic E-state index is -0.947. The van der Waals surface area contributed by atoms with E-state index in [1.54, 1.807) is 20.9 Å². The molecule has 0 saturated carbocycles. The van der Waals surface area contributed by atoms with Gasteiger partial charge < -0.3 is 19.6 Å². The van der Waals surface area contributed by atoms with Crippen LogP contribution < -0.4 is 0 Å². The summed E-state index contributed by atoms with van der Waals surface area (Å²) in [7, 11) is 2.87. The first kappa shape index (κ1) is 17.2. The lowest BCUT2D eigenvalue weighted by Crippen LogP contribution is -2.44. The summed E-state index contributed by atoms with van der Waals surface area (Å²) in [5.74, 6) is -1.75. The van der Waals surface area contributed by atoms with Gasteiger partial charge in [0, 0.05) is 26.7 Å². The van der Waals surface area contributed by atoms with E-state index in [2.05, 4.69) is 4.74 Å². The number of rotatable bonds is 7. The maximum absolute atomic E-state index is 12.0. The molecule has 0 aromatic rings. The number of aliphatic carboxylic acids is 1. The Bertz CT molecular complexity index is 332. The standard InChI is InChI=1S/C12H22N2O5/c1-5-14(7-6-10(15)16)12(18)13(3)8-9(2)11(17)19-4/h9H,5-8H2,1-4H3,(H,15,16). The predicted octanol–water partition coefficient (Wildman–Crippen LogP) is 0.644. The number of amides is 2. The normalized spacial score (nSPS) is 11.6. The van der Waals surface area contributed by atoms with Crippen molar-refractivity contribution >= 4 is 18.0 Å². The van der Waals surface area contributed by atoms with Gasteiger partial charge in [-0.25, -0.2) is 4.79 Å². The van der Waals surface area contributed by atoms with Gasteiger partial charge in [0.25, 0.3) is 0 Å². The molecule has 1 unspecified atom stereocenters. The van der Waals surface area contributed by atoms with Crippen molar-refractivity contribution in [3.05, 3.63) is 0 Å². The Hall–Kier alpha value is -1.79. The Morgan fingerprint density at radius 3 is 2.32 bits per heavy atom. The number of hydrogen-bond donors (Lipinski definition) is 1. The first-order valence-corrected chi connectivity index (χ1v) is 6.13. The molecule has 0 aromatic heterocycles. The lowest BCUT2D eigenvalue weighted by atomic mass is 10.2. The number of carbonyl (C=O) groups excluding carboxylic acids is 2. The molecule has 110 valence electrons. The number of nitrogens with zero attached hydrogens (tertiary/aromatic N) is 2. The van der Waals surface area contributed by atoms with Crippen molar-refractivity contribution in [2.75, 3.05) is 33.8 Å². The average Bonchev–Trinajstić information content (AvgIpc) is 2.37. The highest BCUT2D eigenvalue weighted by molar-refractivity contribution is 5.77. The smallest absolute Gasteiger partial charge is 0.319 e. The Balaban J connectivity index is 4.43. The zero-order valence-corrected chi connectivity index (χ0v) is 11.9. The van der Waals surface area contributed by atoms with E-state index < -0.39 is 11.9 Å². The molecule has 0 rings (SSSR count). The van der Waals surface area contributed by atoms with Crippen LogP contribution in [-0.2, 0) is 14.3 Å². The maximum Gasteiger partial charge on any atom is 0.319 e. The highest BCUT2D eigenvalue weighted by Crippen LogP contribution is 2.05. The number of methoxy groups -OCH3 is 1. The molecule has 0 aliphatic carbocycles. The van der Waals surface area contributed by atoms with Crippen LogP contribution in [0.4, 0.5) is 4.79 Å². The van der Waals surface area contributed by atoms with Crippen LogP contribution >= 0.6 is 0 Å². The lowest BCUT2D eigenvalue weighted by molar-refractivity contribution is -0.145. The minimum Gasteiger partial charge on any atom is -0.481 e. The third kappa shape index (κ3) is 6.08. The Morgan fingerprint density at radius 2 is 1.89 bits per heavy atom. The van der Waals surface area contributed by atoms with Crippen molar-refractivity contribution in [2.45, 2.75) is 20.3 Å². The van der Waals surface area contributed by atoms with Crippen molar-refractivity contribution in [3.63, 3.8) is 0 Å². The first-order valence-electron chi connectivity index (χ1n) is 6.13. The molecule has 7 heteroatoms. The van der Waals surface area contributed by atoms with Gasteiger partial charge in [-0.05, 0) is 6.92 Å². The predicted molar refractivity (Wildman–Crippen MR) is 68.7 cm³/mol. The minimum absolute atomic E-state index is 0.0972. The third-order valence-electron chi connectivity index (χ3n) is 2.73. The number of carboxylic acid groups (broad SMARTS) is 1. The van der Waals surface area contributed by atoms with Gasteiger partial charge in [0.1, 0.15) is 0 Å². The van der Waals surface area contributed by atoms with Crippen molar-refractivity contribution in [2.24, 2.45) is 5.92 Å². The van der Waals surface area contributed by atoms with Gasteiger partial charge in [-0.15, -0.1) is 0 Å². The van der Waals surface area contributed by atoms with Crippen molar-refractivity contribution in [1.29, 1.82) is 0 Å². The molecule has 0 heterocycles. The molecular weight excluding hydrogens is 252 g/mol. The quantitative estimate of drug-likeness (QED) is 0.688. The summed E-state index contributed by atoms with van der Waals surface area (Å²) in [6, 6.07) is -0.292. The summed E-state index contributed by atoms with van der Waals surface area (Å²) < 4.78 is 4.59. The summed E-state index contributed by atoms with van der Waals surface area (Å²) in [5, 5.41) is 8.62. The molecular formula is C12H22N2O5. The fraction of sp³-hybridized carbons (Fsp3) is 0.750. The average molecular weight is 274 g/mol. The van der Waals surface area contributed by atoms with Crippen molar-refractivity contribution in [1.82, 2.24) is 9.80 Å². The SMILES string of the molecule is CCN(CCC(=O)O)C(=O)N(C)CC(C)C(=O)OC. The van der Waals surface area contributed by atoms with Crippen LogP contribution in [0.1, 0.15) is 20.3 Å². The van der Waals surface area contributed by atoms with Gasteiger partial charge in [-0.2, -0.15) is 0 Å². The van der Waals surface area contributed by atoms with Crippen molar-refractivity contribution < 1.29 is 24.2 Å². The van der Waals surface area contributed by atoms with Gasteiger partial charge in [0.05, 0.1) is 19.4 Å². The molecule has 7 nitrogen and oxygen atoms in total. The maximum atomic E-state index is 12.0.